The SMILES string of the molecule is COCc1cc(C(=O)Nc2ccn[nH]2)n(C)n1.Cc1cnc(C2CCCC2)nc1. The first kappa shape index (κ1) is 20.7. The molecule has 3 heterocycles. The number of amides is 1. The molecule has 0 spiro atoms. The van der Waals surface area contributed by atoms with Crippen LogP contribution >= 0.6 is 0 Å². The normalized spacial score (nSPS) is 13.8. The van der Waals surface area contributed by atoms with Gasteiger partial charge in [-0.1, -0.05) is 12.8 Å². The Morgan fingerprint density at radius 2 is 2.03 bits per heavy atom. The monoisotopic (exact) mass is 397 g/mol. The quantitative estimate of drug-likeness (QED) is 0.685. The number of hydrogen-bond donors (Lipinski definition) is 2. The molecular formula is C20H27N7O2. The maximum atomic E-state index is 11.9. The summed E-state index contributed by atoms with van der Waals surface area (Å²) in [7, 11) is 3.29. The van der Waals surface area contributed by atoms with E-state index in [1.165, 1.54) is 30.4 Å². The highest BCUT2D eigenvalue weighted by Gasteiger charge is 2.18. The number of H-pyrrole nitrogens is 1. The largest absolute Gasteiger partial charge is 0.378 e. The number of carbonyl (C=O) groups excluding carboxylic acids is 1. The second-order valence-electron chi connectivity index (χ2n) is 7.10. The molecular weight excluding hydrogens is 370 g/mol. The number of anilines is 1. The molecule has 0 atom stereocenters. The Labute approximate surface area is 169 Å². The lowest BCUT2D eigenvalue weighted by Gasteiger charge is -2.05. The molecule has 1 amide bonds. The molecule has 0 aromatic carbocycles. The van der Waals surface area contributed by atoms with Crippen molar-refractivity contribution >= 4 is 11.7 Å². The fourth-order valence-corrected chi connectivity index (χ4v) is 3.27. The summed E-state index contributed by atoms with van der Waals surface area (Å²) in [6.07, 6.45) is 10.7. The first-order valence-electron chi connectivity index (χ1n) is 9.68. The van der Waals surface area contributed by atoms with Gasteiger partial charge in [-0.25, -0.2) is 9.97 Å². The summed E-state index contributed by atoms with van der Waals surface area (Å²) in [6.45, 7) is 2.41. The van der Waals surface area contributed by atoms with E-state index in [9.17, 15) is 4.79 Å². The van der Waals surface area contributed by atoms with Crippen LogP contribution in [0.4, 0.5) is 5.82 Å². The van der Waals surface area contributed by atoms with Gasteiger partial charge >= 0.3 is 0 Å². The van der Waals surface area contributed by atoms with Gasteiger partial charge in [0.25, 0.3) is 5.91 Å². The van der Waals surface area contributed by atoms with E-state index in [0.29, 0.717) is 29.7 Å². The molecule has 3 aromatic rings. The summed E-state index contributed by atoms with van der Waals surface area (Å²) in [6, 6.07) is 3.36. The van der Waals surface area contributed by atoms with Crippen LogP contribution in [0.25, 0.3) is 0 Å². The van der Waals surface area contributed by atoms with Crippen LogP contribution in [0.3, 0.4) is 0 Å². The molecule has 0 aliphatic heterocycles. The molecule has 1 aliphatic rings. The molecule has 29 heavy (non-hydrogen) atoms. The fraction of sp³-hybridized carbons (Fsp3) is 0.450. The second kappa shape index (κ2) is 9.92. The summed E-state index contributed by atoms with van der Waals surface area (Å²) in [5.74, 6) is 2.00. The van der Waals surface area contributed by atoms with Crippen molar-refractivity contribution < 1.29 is 9.53 Å². The Morgan fingerprint density at radius 1 is 1.31 bits per heavy atom. The third-order valence-corrected chi connectivity index (χ3v) is 4.73. The average Bonchev–Trinajstić information content (AvgIpc) is 3.46. The molecule has 2 N–H and O–H groups in total. The molecule has 9 nitrogen and oxygen atoms in total. The molecule has 4 rings (SSSR count). The summed E-state index contributed by atoms with van der Waals surface area (Å²) in [5, 5.41) is 13.2. The van der Waals surface area contributed by atoms with Crippen LogP contribution in [0.1, 0.15) is 59.2 Å². The van der Waals surface area contributed by atoms with E-state index in [-0.39, 0.29) is 5.91 Å². The van der Waals surface area contributed by atoms with E-state index in [0.717, 1.165) is 11.4 Å². The number of carbonyl (C=O) groups is 1. The number of aromatic amines is 1. The van der Waals surface area contributed by atoms with Gasteiger partial charge in [0.05, 0.1) is 18.5 Å². The highest BCUT2D eigenvalue weighted by molar-refractivity contribution is 6.02. The lowest BCUT2D eigenvalue weighted by Crippen LogP contribution is -2.16. The Bertz CT molecular complexity index is 898. The van der Waals surface area contributed by atoms with E-state index in [2.05, 4.69) is 30.6 Å². The van der Waals surface area contributed by atoms with Gasteiger partial charge < -0.3 is 10.1 Å². The number of nitrogens with zero attached hydrogens (tertiary/aromatic N) is 5. The zero-order valence-electron chi connectivity index (χ0n) is 17.1. The maximum absolute atomic E-state index is 11.9. The highest BCUT2D eigenvalue weighted by atomic mass is 16.5. The number of aromatic nitrogens is 6. The minimum atomic E-state index is -0.244. The number of methoxy groups -OCH3 is 1. The Kier molecular flexibility index (Phi) is 7.07. The van der Waals surface area contributed by atoms with Crippen LogP contribution in [0.2, 0.25) is 0 Å². The minimum Gasteiger partial charge on any atom is -0.378 e. The van der Waals surface area contributed by atoms with Crippen molar-refractivity contribution in [3.63, 3.8) is 0 Å². The molecule has 0 saturated heterocycles. The van der Waals surface area contributed by atoms with E-state index in [1.54, 1.807) is 32.5 Å². The Hall–Kier alpha value is -3.07. The van der Waals surface area contributed by atoms with Gasteiger partial charge in [-0.05, 0) is 31.4 Å². The second-order valence-corrected chi connectivity index (χ2v) is 7.10. The molecule has 0 radical (unpaired) electrons. The summed E-state index contributed by atoms with van der Waals surface area (Å²) in [4.78, 5) is 20.6. The first-order valence-corrected chi connectivity index (χ1v) is 9.68. The lowest BCUT2D eigenvalue weighted by atomic mass is 10.1. The third kappa shape index (κ3) is 5.71. The van der Waals surface area contributed by atoms with Crippen LogP contribution < -0.4 is 5.32 Å². The van der Waals surface area contributed by atoms with Crippen molar-refractivity contribution in [3.8, 4) is 0 Å². The van der Waals surface area contributed by atoms with Crippen LogP contribution in [-0.2, 0) is 18.4 Å². The van der Waals surface area contributed by atoms with Gasteiger partial charge in [-0.15, -0.1) is 0 Å². The summed E-state index contributed by atoms with van der Waals surface area (Å²) >= 11 is 0. The Morgan fingerprint density at radius 3 is 2.66 bits per heavy atom. The average molecular weight is 397 g/mol. The van der Waals surface area contributed by atoms with E-state index in [1.807, 2.05) is 19.3 Å². The van der Waals surface area contributed by atoms with Gasteiger partial charge in [0.2, 0.25) is 0 Å². The van der Waals surface area contributed by atoms with E-state index >= 15 is 0 Å². The predicted molar refractivity (Wildman–Crippen MR) is 108 cm³/mol. The lowest BCUT2D eigenvalue weighted by molar-refractivity contribution is 0.101. The van der Waals surface area contributed by atoms with Crippen molar-refractivity contribution in [3.05, 3.63) is 53.5 Å². The number of hydrogen-bond acceptors (Lipinski definition) is 6. The fourth-order valence-electron chi connectivity index (χ4n) is 3.27. The minimum absolute atomic E-state index is 0.244. The van der Waals surface area contributed by atoms with Gasteiger partial charge in [-0.2, -0.15) is 10.2 Å². The van der Waals surface area contributed by atoms with Gasteiger partial charge in [0.15, 0.2) is 0 Å². The van der Waals surface area contributed by atoms with Gasteiger partial charge in [0.1, 0.15) is 17.3 Å². The molecule has 154 valence electrons. The predicted octanol–water partition coefficient (Wildman–Crippen LogP) is 2.98. The molecule has 1 saturated carbocycles. The van der Waals surface area contributed by atoms with E-state index in [4.69, 9.17) is 4.74 Å². The maximum Gasteiger partial charge on any atom is 0.275 e. The zero-order chi connectivity index (χ0) is 20.6. The van der Waals surface area contributed by atoms with Crippen molar-refractivity contribution in [2.75, 3.05) is 12.4 Å². The van der Waals surface area contributed by atoms with Crippen LogP contribution in [0, 0.1) is 6.92 Å². The molecule has 3 aromatic heterocycles. The smallest absolute Gasteiger partial charge is 0.275 e. The van der Waals surface area contributed by atoms with Crippen molar-refractivity contribution in [1.82, 2.24) is 29.9 Å². The standard InChI is InChI=1S/C10H13N5O2.C10H14N2/c1-15-8(5-7(14-15)6-17-2)10(16)12-9-3-4-11-13-9;1-8-6-11-10(12-7-8)9-4-2-3-5-9/h3-5H,6H2,1-2H3,(H2,11,12,13,16);6-7,9H,2-5H2,1H3. The zero-order valence-corrected chi connectivity index (χ0v) is 17.1. The van der Waals surface area contributed by atoms with Gasteiger partial charge in [0, 0.05) is 38.5 Å². The highest BCUT2D eigenvalue weighted by Crippen LogP contribution is 2.31. The van der Waals surface area contributed by atoms with Crippen LogP contribution in [0.15, 0.2) is 30.7 Å². The summed E-state index contributed by atoms with van der Waals surface area (Å²) in [5.41, 5.74) is 2.33. The summed E-state index contributed by atoms with van der Waals surface area (Å²) < 4.78 is 6.47. The molecule has 0 unspecified atom stereocenters. The third-order valence-electron chi connectivity index (χ3n) is 4.73. The van der Waals surface area contributed by atoms with Crippen LogP contribution in [0.5, 0.6) is 0 Å². The molecule has 1 fully saturated rings. The number of rotatable bonds is 5. The van der Waals surface area contributed by atoms with Gasteiger partial charge in [-0.3, -0.25) is 14.6 Å². The topological polar surface area (TPSA) is 111 Å². The Balaban J connectivity index is 0.000000176. The molecule has 0 bridgehead atoms. The molecule has 9 heteroatoms. The van der Waals surface area contributed by atoms with E-state index < -0.39 is 0 Å². The van der Waals surface area contributed by atoms with Crippen LogP contribution in [-0.4, -0.2) is 43.0 Å². The van der Waals surface area contributed by atoms with Crippen molar-refractivity contribution in [2.24, 2.45) is 7.05 Å². The first-order chi connectivity index (χ1) is 14.1. The number of aryl methyl sites for hydroxylation is 2. The number of ether oxygens (including phenoxy) is 1. The number of nitrogens with one attached hydrogen (secondary N) is 2. The van der Waals surface area contributed by atoms with Crippen molar-refractivity contribution in [2.45, 2.75) is 45.1 Å². The van der Waals surface area contributed by atoms with Crippen molar-refractivity contribution in [1.29, 1.82) is 0 Å². The molecule has 1 aliphatic carbocycles.